The molecule has 0 atom stereocenters. The van der Waals surface area contributed by atoms with Crippen LogP contribution in [0.1, 0.15) is 0 Å². The molecule has 4 heteroatoms. The molecule has 0 fully saturated rings. The Bertz CT molecular complexity index is 470. The van der Waals surface area contributed by atoms with Gasteiger partial charge in [0.15, 0.2) is 5.75 Å². The van der Waals surface area contributed by atoms with Gasteiger partial charge in [-0.05, 0) is 11.5 Å². The first-order chi connectivity index (χ1) is 7.36. The van der Waals surface area contributed by atoms with Crippen LogP contribution in [0.4, 0.5) is 0 Å². The zero-order chi connectivity index (χ0) is 10.7. The quantitative estimate of drug-likeness (QED) is 0.768. The highest BCUT2D eigenvalue weighted by molar-refractivity contribution is 6.17. The fourth-order valence-corrected chi connectivity index (χ4v) is 1.58. The monoisotopic (exact) mass is 201 g/mol. The van der Waals surface area contributed by atoms with Crippen molar-refractivity contribution >= 4 is 18.5 Å². The Labute approximate surface area is 88.6 Å². The molecule has 0 aliphatic heterocycles. The average Bonchev–Trinajstić information content (AvgIpc) is 2.29. The lowest BCUT2D eigenvalue weighted by Gasteiger charge is -2.11. The van der Waals surface area contributed by atoms with Crippen LogP contribution in [0.3, 0.4) is 0 Å². The number of benzene rings is 2. The van der Waals surface area contributed by atoms with E-state index in [1.54, 1.807) is 13.2 Å². The molecule has 3 nitrogen and oxygen atoms in total. The molecule has 0 saturated heterocycles. The fraction of sp³-hybridized carbons (Fsp3) is 0.0909. The van der Waals surface area contributed by atoms with Gasteiger partial charge in [-0.1, -0.05) is 30.3 Å². The Morgan fingerprint density at radius 2 is 1.93 bits per heavy atom. The second-order valence-corrected chi connectivity index (χ2v) is 3.04. The minimum Gasteiger partial charge on any atom is -0.535 e. The van der Waals surface area contributed by atoms with Crippen LogP contribution in [-0.4, -0.2) is 19.8 Å². The molecule has 0 bridgehead atoms. The molecule has 15 heavy (non-hydrogen) atoms. The van der Waals surface area contributed by atoms with Gasteiger partial charge >= 0.3 is 7.69 Å². The van der Waals surface area contributed by atoms with Gasteiger partial charge in [0, 0.05) is 5.39 Å². The predicted octanol–water partition coefficient (Wildman–Crippen LogP) is 1.75. The molecule has 0 heterocycles. The number of hydrogen-bond acceptors (Lipinski definition) is 3. The number of ether oxygens (including phenoxy) is 1. The van der Waals surface area contributed by atoms with Crippen LogP contribution in [0.2, 0.25) is 0 Å². The first-order valence-electron chi connectivity index (χ1n) is 4.55. The largest absolute Gasteiger partial charge is 0.569 e. The summed E-state index contributed by atoms with van der Waals surface area (Å²) in [5, 5.41) is 10.6. The normalized spacial score (nSPS) is 10.0. The van der Waals surface area contributed by atoms with Crippen molar-refractivity contribution in [2.24, 2.45) is 0 Å². The highest BCUT2D eigenvalue weighted by Crippen LogP contribution is 2.34. The van der Waals surface area contributed by atoms with Gasteiger partial charge in [-0.15, -0.1) is 0 Å². The van der Waals surface area contributed by atoms with E-state index in [1.807, 2.05) is 30.3 Å². The van der Waals surface area contributed by atoms with E-state index in [1.165, 1.54) is 0 Å². The molecule has 2 rings (SSSR count). The van der Waals surface area contributed by atoms with E-state index in [0.29, 0.717) is 19.2 Å². The lowest BCUT2D eigenvalue weighted by molar-refractivity contribution is 0.386. The number of fused-ring (bicyclic) bond motifs is 1. The minimum absolute atomic E-state index is 0.499. The summed E-state index contributed by atoms with van der Waals surface area (Å²) in [5.74, 6) is 1.12. The van der Waals surface area contributed by atoms with Crippen molar-refractivity contribution < 1.29 is 14.4 Å². The third kappa shape index (κ3) is 1.76. The number of methoxy groups -OCH3 is 1. The lowest BCUT2D eigenvalue weighted by atomic mass is 10.1. The van der Waals surface area contributed by atoms with Crippen LogP contribution < -0.4 is 9.39 Å². The zero-order valence-electron chi connectivity index (χ0n) is 8.31. The van der Waals surface area contributed by atoms with Gasteiger partial charge in [-0.25, -0.2) is 0 Å². The molecule has 2 aromatic carbocycles. The highest BCUT2D eigenvalue weighted by atomic mass is 16.5. The molecule has 0 aromatic heterocycles. The molecule has 0 saturated carbocycles. The molecular weight excluding hydrogens is 191 g/mol. The van der Waals surface area contributed by atoms with Crippen molar-refractivity contribution in [2.45, 2.75) is 0 Å². The van der Waals surface area contributed by atoms with Gasteiger partial charge in [0.25, 0.3) is 0 Å². The molecule has 75 valence electrons. The summed E-state index contributed by atoms with van der Waals surface area (Å²) in [6, 6.07) is 11.5. The molecule has 1 N–H and O–H groups in total. The third-order valence-corrected chi connectivity index (χ3v) is 2.23. The Morgan fingerprint density at radius 3 is 2.67 bits per heavy atom. The first kappa shape index (κ1) is 9.86. The van der Waals surface area contributed by atoms with Gasteiger partial charge in [0.1, 0.15) is 5.75 Å². The van der Waals surface area contributed by atoms with Crippen molar-refractivity contribution in [3.05, 3.63) is 36.4 Å². The molecule has 0 aliphatic rings. The summed E-state index contributed by atoms with van der Waals surface area (Å²) in [7, 11) is 2.22. The summed E-state index contributed by atoms with van der Waals surface area (Å²) < 4.78 is 10.2. The summed E-state index contributed by atoms with van der Waals surface area (Å²) in [6.45, 7) is 0. The van der Waals surface area contributed by atoms with E-state index < -0.39 is 0 Å². The Balaban J connectivity index is 2.64. The molecule has 0 unspecified atom stereocenters. The van der Waals surface area contributed by atoms with E-state index in [-0.39, 0.29) is 0 Å². The van der Waals surface area contributed by atoms with Crippen LogP contribution in [-0.2, 0) is 0 Å². The van der Waals surface area contributed by atoms with E-state index in [2.05, 4.69) is 0 Å². The topological polar surface area (TPSA) is 38.7 Å². The number of hydrogen-bond donors (Lipinski definition) is 1. The van der Waals surface area contributed by atoms with Crippen LogP contribution in [0.15, 0.2) is 36.4 Å². The van der Waals surface area contributed by atoms with E-state index >= 15 is 0 Å². The lowest BCUT2D eigenvalue weighted by Crippen LogP contribution is -2.01. The maximum absolute atomic E-state index is 8.61. The Morgan fingerprint density at radius 1 is 1.13 bits per heavy atom. The maximum Gasteiger partial charge on any atom is 0.569 e. The average molecular weight is 201 g/mol. The molecule has 0 amide bonds. The molecule has 2 aromatic rings. The van der Waals surface area contributed by atoms with E-state index in [4.69, 9.17) is 14.4 Å². The van der Waals surface area contributed by atoms with Crippen molar-refractivity contribution in [1.29, 1.82) is 0 Å². The standard InChI is InChI=1S/C11H10BO3/c1-14-11-9-5-3-2-4-8(9)6-7-10(11)15-12-13/h2-7,13H,1H3. The zero-order valence-corrected chi connectivity index (χ0v) is 8.31. The van der Waals surface area contributed by atoms with Crippen molar-refractivity contribution in [1.82, 2.24) is 0 Å². The second-order valence-electron chi connectivity index (χ2n) is 3.04. The summed E-state index contributed by atoms with van der Waals surface area (Å²) >= 11 is 0. The van der Waals surface area contributed by atoms with Crippen molar-refractivity contribution in [3.63, 3.8) is 0 Å². The van der Waals surface area contributed by atoms with Gasteiger partial charge in [0.05, 0.1) is 7.11 Å². The van der Waals surface area contributed by atoms with Gasteiger partial charge in [-0.2, -0.15) is 0 Å². The molecular formula is C11H10BO3. The fourth-order valence-electron chi connectivity index (χ4n) is 1.58. The van der Waals surface area contributed by atoms with E-state index in [0.717, 1.165) is 10.8 Å². The van der Waals surface area contributed by atoms with Crippen molar-refractivity contribution in [2.75, 3.05) is 7.11 Å². The van der Waals surface area contributed by atoms with Crippen LogP contribution in [0, 0.1) is 0 Å². The van der Waals surface area contributed by atoms with Crippen molar-refractivity contribution in [3.8, 4) is 11.5 Å². The summed E-state index contributed by atoms with van der Waals surface area (Å²) in [4.78, 5) is 0. The van der Waals surface area contributed by atoms with Gasteiger partial charge < -0.3 is 14.4 Å². The maximum atomic E-state index is 8.61. The predicted molar refractivity (Wildman–Crippen MR) is 59.1 cm³/mol. The number of rotatable bonds is 3. The molecule has 0 spiro atoms. The Kier molecular flexibility index (Phi) is 2.78. The summed E-state index contributed by atoms with van der Waals surface area (Å²) in [5.41, 5.74) is 0. The molecule has 0 aliphatic carbocycles. The highest BCUT2D eigenvalue weighted by Gasteiger charge is 2.08. The smallest absolute Gasteiger partial charge is 0.535 e. The Hall–Kier alpha value is -1.68. The SMILES string of the molecule is COc1c(O[B]O)ccc2ccccc12. The second kappa shape index (κ2) is 4.23. The summed E-state index contributed by atoms with van der Waals surface area (Å²) in [6.07, 6.45) is 0. The van der Waals surface area contributed by atoms with Crippen LogP contribution >= 0.6 is 0 Å². The third-order valence-electron chi connectivity index (χ3n) is 2.23. The van der Waals surface area contributed by atoms with Gasteiger partial charge in [-0.3, -0.25) is 0 Å². The van der Waals surface area contributed by atoms with Crippen LogP contribution in [0.25, 0.3) is 10.8 Å². The molecule has 1 radical (unpaired) electrons. The van der Waals surface area contributed by atoms with Gasteiger partial charge in [0.2, 0.25) is 0 Å². The minimum atomic E-state index is 0.499. The van der Waals surface area contributed by atoms with Crippen LogP contribution in [0.5, 0.6) is 11.5 Å². The van der Waals surface area contributed by atoms with E-state index in [9.17, 15) is 0 Å². The first-order valence-corrected chi connectivity index (χ1v) is 4.55.